The molecule has 0 amide bonds. The van der Waals surface area contributed by atoms with E-state index in [1.165, 1.54) is 41.1 Å². The molecule has 10 heteroatoms. The minimum atomic E-state index is -0.539. The van der Waals surface area contributed by atoms with Crippen LogP contribution in [0.5, 0.6) is 11.5 Å². The molecule has 0 radical (unpaired) electrons. The summed E-state index contributed by atoms with van der Waals surface area (Å²) in [6.45, 7) is 0. The molecule has 2 aromatic heterocycles. The van der Waals surface area contributed by atoms with E-state index in [1.807, 2.05) is 0 Å². The standard InChI is InChI=1S/C18H12ClFN6O2/c19-12-2-1-3-13(20)17(12)18-24-23-16-7-6-15(25-26(16)18)22-21-9-10-4-5-11(27)8-14(10)28/h1-9,27-28H,(H,22,25). The Balaban J connectivity index is 1.65. The first-order chi connectivity index (χ1) is 13.5. The predicted octanol–water partition coefficient (Wildman–Crippen LogP) is 3.44. The van der Waals surface area contributed by atoms with Gasteiger partial charge in [0.2, 0.25) is 0 Å². The minimum absolute atomic E-state index is 0.0540. The Kier molecular flexibility index (Phi) is 4.50. The van der Waals surface area contributed by atoms with E-state index < -0.39 is 5.82 Å². The largest absolute Gasteiger partial charge is 0.508 e. The summed E-state index contributed by atoms with van der Waals surface area (Å²) in [5.41, 5.74) is 3.60. The van der Waals surface area contributed by atoms with E-state index in [1.54, 1.807) is 18.2 Å². The lowest BCUT2D eigenvalue weighted by Gasteiger charge is -2.05. The van der Waals surface area contributed by atoms with Crippen LogP contribution in [-0.2, 0) is 0 Å². The second-order valence-electron chi connectivity index (χ2n) is 5.72. The fraction of sp³-hybridized carbons (Fsp3) is 0. The number of hydrogen-bond acceptors (Lipinski definition) is 7. The fourth-order valence-corrected chi connectivity index (χ4v) is 2.77. The zero-order valence-electron chi connectivity index (χ0n) is 14.1. The van der Waals surface area contributed by atoms with Crippen LogP contribution in [0.2, 0.25) is 5.02 Å². The number of benzene rings is 2. The summed E-state index contributed by atoms with van der Waals surface area (Å²) >= 11 is 6.11. The van der Waals surface area contributed by atoms with Crippen LogP contribution < -0.4 is 5.43 Å². The highest BCUT2D eigenvalue weighted by Gasteiger charge is 2.17. The molecule has 0 atom stereocenters. The van der Waals surface area contributed by atoms with E-state index in [9.17, 15) is 14.6 Å². The predicted molar refractivity (Wildman–Crippen MR) is 102 cm³/mol. The molecule has 0 bridgehead atoms. The van der Waals surface area contributed by atoms with Crippen LogP contribution in [0.15, 0.2) is 53.6 Å². The molecular weight excluding hydrogens is 387 g/mol. The molecule has 2 heterocycles. The maximum absolute atomic E-state index is 14.2. The fourth-order valence-electron chi connectivity index (χ4n) is 2.53. The van der Waals surface area contributed by atoms with Crippen LogP contribution in [-0.4, -0.2) is 36.2 Å². The Morgan fingerprint density at radius 1 is 1.11 bits per heavy atom. The Morgan fingerprint density at radius 3 is 2.75 bits per heavy atom. The van der Waals surface area contributed by atoms with Crippen LogP contribution in [0.3, 0.4) is 0 Å². The highest BCUT2D eigenvalue weighted by Crippen LogP contribution is 2.29. The minimum Gasteiger partial charge on any atom is -0.508 e. The number of aromatic hydroxyl groups is 2. The second-order valence-corrected chi connectivity index (χ2v) is 6.13. The van der Waals surface area contributed by atoms with Crippen LogP contribution in [0.1, 0.15) is 5.56 Å². The third-order valence-electron chi connectivity index (χ3n) is 3.85. The zero-order valence-corrected chi connectivity index (χ0v) is 14.8. The molecule has 0 aliphatic carbocycles. The molecule has 4 rings (SSSR count). The molecule has 0 saturated heterocycles. The molecule has 2 aromatic carbocycles. The summed E-state index contributed by atoms with van der Waals surface area (Å²) in [6.07, 6.45) is 1.36. The summed E-state index contributed by atoms with van der Waals surface area (Å²) < 4.78 is 15.6. The maximum Gasteiger partial charge on any atom is 0.189 e. The van der Waals surface area contributed by atoms with Crippen molar-refractivity contribution in [3.63, 3.8) is 0 Å². The van der Waals surface area contributed by atoms with Gasteiger partial charge < -0.3 is 10.2 Å². The molecule has 4 aromatic rings. The average molecular weight is 399 g/mol. The number of halogens is 2. The van der Waals surface area contributed by atoms with Crippen molar-refractivity contribution in [2.24, 2.45) is 5.10 Å². The average Bonchev–Trinajstić information content (AvgIpc) is 3.06. The number of phenolic OH excluding ortho intramolecular Hbond substituents is 2. The molecule has 0 spiro atoms. The third-order valence-corrected chi connectivity index (χ3v) is 4.16. The monoisotopic (exact) mass is 398 g/mol. The van der Waals surface area contributed by atoms with Gasteiger partial charge in [-0.1, -0.05) is 17.7 Å². The Bertz CT molecular complexity index is 1190. The van der Waals surface area contributed by atoms with Crippen LogP contribution in [0.25, 0.3) is 17.0 Å². The molecule has 28 heavy (non-hydrogen) atoms. The topological polar surface area (TPSA) is 108 Å². The first-order valence-electron chi connectivity index (χ1n) is 8.01. The van der Waals surface area contributed by atoms with Crippen molar-refractivity contribution in [2.75, 3.05) is 5.43 Å². The first-order valence-corrected chi connectivity index (χ1v) is 8.38. The number of nitrogens with one attached hydrogen (secondary N) is 1. The first kappa shape index (κ1) is 17.7. The molecule has 8 nitrogen and oxygen atoms in total. The van der Waals surface area contributed by atoms with E-state index in [4.69, 9.17) is 11.6 Å². The second kappa shape index (κ2) is 7.12. The Morgan fingerprint density at radius 2 is 1.96 bits per heavy atom. The molecule has 0 unspecified atom stereocenters. The van der Waals surface area contributed by atoms with Crippen molar-refractivity contribution in [3.8, 4) is 22.9 Å². The van der Waals surface area contributed by atoms with Gasteiger partial charge in [0.15, 0.2) is 17.3 Å². The number of hydrazone groups is 1. The lowest BCUT2D eigenvalue weighted by atomic mass is 10.2. The maximum atomic E-state index is 14.2. The van der Waals surface area contributed by atoms with Crippen LogP contribution in [0, 0.1) is 5.82 Å². The van der Waals surface area contributed by atoms with Gasteiger partial charge in [-0.2, -0.15) is 9.62 Å². The van der Waals surface area contributed by atoms with Gasteiger partial charge in [0.1, 0.15) is 17.3 Å². The summed E-state index contributed by atoms with van der Waals surface area (Å²) in [5, 5.41) is 35.5. The normalized spacial score (nSPS) is 11.4. The lowest BCUT2D eigenvalue weighted by Crippen LogP contribution is -2.01. The van der Waals surface area contributed by atoms with Crippen molar-refractivity contribution in [1.82, 2.24) is 19.8 Å². The summed E-state index contributed by atoms with van der Waals surface area (Å²) in [4.78, 5) is 0. The summed E-state index contributed by atoms with van der Waals surface area (Å²) in [7, 11) is 0. The quantitative estimate of drug-likeness (QED) is 0.359. The third kappa shape index (κ3) is 3.30. The van der Waals surface area contributed by atoms with Gasteiger partial charge in [-0.15, -0.1) is 15.3 Å². The van der Waals surface area contributed by atoms with Crippen molar-refractivity contribution in [2.45, 2.75) is 0 Å². The number of anilines is 1. The summed E-state index contributed by atoms with van der Waals surface area (Å²) in [6, 6.07) is 11.7. The van der Waals surface area contributed by atoms with Gasteiger partial charge in [-0.25, -0.2) is 4.39 Å². The van der Waals surface area contributed by atoms with Crippen molar-refractivity contribution in [3.05, 3.63) is 64.9 Å². The Labute approximate surface area is 162 Å². The number of phenols is 2. The molecule has 0 fully saturated rings. The molecule has 0 saturated carbocycles. The van der Waals surface area contributed by atoms with Gasteiger partial charge in [0.25, 0.3) is 0 Å². The molecule has 0 aliphatic heterocycles. The SMILES string of the molecule is Oc1ccc(C=NNc2ccc3nnc(-c4c(F)cccc4Cl)n3n2)c(O)c1. The number of rotatable bonds is 4. The molecule has 140 valence electrons. The van der Waals surface area contributed by atoms with Crippen molar-refractivity contribution >= 4 is 29.3 Å². The van der Waals surface area contributed by atoms with E-state index in [-0.39, 0.29) is 27.9 Å². The van der Waals surface area contributed by atoms with E-state index >= 15 is 0 Å². The van der Waals surface area contributed by atoms with E-state index in [0.29, 0.717) is 17.0 Å². The number of nitrogens with zero attached hydrogens (tertiary/aromatic N) is 5. The van der Waals surface area contributed by atoms with Crippen LogP contribution >= 0.6 is 11.6 Å². The van der Waals surface area contributed by atoms with Crippen molar-refractivity contribution in [1.29, 1.82) is 0 Å². The Hall–Kier alpha value is -3.72. The number of fused-ring (bicyclic) bond motifs is 1. The van der Waals surface area contributed by atoms with Gasteiger partial charge >= 0.3 is 0 Å². The number of aromatic nitrogens is 4. The smallest absolute Gasteiger partial charge is 0.189 e. The lowest BCUT2D eigenvalue weighted by molar-refractivity contribution is 0.450. The van der Waals surface area contributed by atoms with Gasteiger partial charge in [0, 0.05) is 11.6 Å². The molecule has 0 aliphatic rings. The van der Waals surface area contributed by atoms with E-state index in [0.717, 1.165) is 0 Å². The number of hydrogen-bond donors (Lipinski definition) is 3. The highest BCUT2D eigenvalue weighted by atomic mass is 35.5. The van der Waals surface area contributed by atoms with Gasteiger partial charge in [-0.05, 0) is 36.4 Å². The highest BCUT2D eigenvalue weighted by molar-refractivity contribution is 6.33. The molecular formula is C18H12ClFN6O2. The van der Waals surface area contributed by atoms with E-state index in [2.05, 4.69) is 25.8 Å². The van der Waals surface area contributed by atoms with Crippen molar-refractivity contribution < 1.29 is 14.6 Å². The molecule has 3 N–H and O–H groups in total. The summed E-state index contributed by atoms with van der Waals surface area (Å²) in [5.74, 6) is -0.230. The zero-order chi connectivity index (χ0) is 19.7. The van der Waals surface area contributed by atoms with Gasteiger partial charge in [0.05, 0.1) is 16.8 Å². The van der Waals surface area contributed by atoms with Crippen LogP contribution in [0.4, 0.5) is 10.2 Å². The van der Waals surface area contributed by atoms with Gasteiger partial charge in [-0.3, -0.25) is 5.43 Å².